The molecule has 3 aromatic heterocycles. The second-order valence-electron chi connectivity index (χ2n) is 11.0. The Labute approximate surface area is 254 Å². The van der Waals surface area contributed by atoms with E-state index < -0.39 is 0 Å². The van der Waals surface area contributed by atoms with Gasteiger partial charge in [0.05, 0.1) is 22.2 Å². The van der Waals surface area contributed by atoms with Gasteiger partial charge >= 0.3 is 0 Å². The van der Waals surface area contributed by atoms with E-state index >= 15 is 0 Å². The molecule has 0 unspecified atom stereocenters. The molecule has 0 saturated heterocycles. The van der Waals surface area contributed by atoms with Crippen LogP contribution in [-0.4, -0.2) is 9.13 Å². The zero-order chi connectivity index (χ0) is 29.1. The van der Waals surface area contributed by atoms with Crippen LogP contribution in [0.3, 0.4) is 0 Å². The number of allylic oxidation sites excluding steroid dienone is 2. The molecule has 206 valence electrons. The lowest BCUT2D eigenvalue weighted by Gasteiger charge is -2.11. The van der Waals surface area contributed by atoms with Gasteiger partial charge in [0.1, 0.15) is 0 Å². The molecule has 0 aliphatic heterocycles. The predicted molar refractivity (Wildman–Crippen MR) is 189 cm³/mol. The molecule has 0 fully saturated rings. The van der Waals surface area contributed by atoms with E-state index in [-0.39, 0.29) is 0 Å². The van der Waals surface area contributed by atoms with Crippen LogP contribution in [0.15, 0.2) is 128 Å². The summed E-state index contributed by atoms with van der Waals surface area (Å²) < 4.78 is 7.43. The Morgan fingerprint density at radius 3 is 2.21 bits per heavy atom. The minimum atomic E-state index is 0.864. The Balaban J connectivity index is 1.46. The number of rotatable bonds is 6. The highest BCUT2D eigenvalue weighted by Gasteiger charge is 2.21. The predicted octanol–water partition coefficient (Wildman–Crippen LogP) is 11.5. The van der Waals surface area contributed by atoms with Gasteiger partial charge in [0.15, 0.2) is 0 Å². The fraction of sp³-hybridized carbons (Fsp3) is 0.0500. The molecule has 5 aromatic carbocycles. The van der Waals surface area contributed by atoms with Crippen molar-refractivity contribution in [2.45, 2.75) is 13.3 Å². The molecule has 0 aliphatic rings. The fourth-order valence-corrected chi connectivity index (χ4v) is 8.19. The van der Waals surface area contributed by atoms with Gasteiger partial charge in [0, 0.05) is 53.3 Å². The summed E-state index contributed by atoms with van der Waals surface area (Å²) in [6.45, 7) is 10.4. The first kappa shape index (κ1) is 25.6. The van der Waals surface area contributed by atoms with Crippen molar-refractivity contribution in [1.29, 1.82) is 0 Å². The van der Waals surface area contributed by atoms with Gasteiger partial charge in [0.25, 0.3) is 0 Å². The van der Waals surface area contributed by atoms with Gasteiger partial charge in [-0.15, -0.1) is 17.9 Å². The van der Waals surface area contributed by atoms with Crippen LogP contribution < -0.4 is 0 Å². The molecule has 0 spiro atoms. The molecule has 2 nitrogen and oxygen atoms in total. The summed E-state index contributed by atoms with van der Waals surface area (Å²) in [5.41, 5.74) is 9.56. The summed E-state index contributed by atoms with van der Waals surface area (Å²) in [5.74, 6) is 0. The molecular formula is C40H30N2S. The number of thiophene rings is 1. The van der Waals surface area contributed by atoms with Gasteiger partial charge in [-0.25, -0.2) is 0 Å². The number of hydrogen-bond donors (Lipinski definition) is 0. The zero-order valence-corrected chi connectivity index (χ0v) is 24.9. The Morgan fingerprint density at radius 2 is 1.40 bits per heavy atom. The third kappa shape index (κ3) is 3.72. The lowest BCUT2D eigenvalue weighted by atomic mass is 10.0. The second-order valence-corrected chi connectivity index (χ2v) is 12.0. The quantitative estimate of drug-likeness (QED) is 0.176. The van der Waals surface area contributed by atoms with E-state index in [1.807, 2.05) is 23.5 Å². The minimum Gasteiger partial charge on any atom is -0.309 e. The second kappa shape index (κ2) is 10.0. The number of fused-ring (bicyclic) bond motifs is 8. The summed E-state index contributed by atoms with van der Waals surface area (Å²) in [6, 6.07) is 37.5. The van der Waals surface area contributed by atoms with Crippen molar-refractivity contribution in [3.63, 3.8) is 0 Å². The zero-order valence-electron chi connectivity index (χ0n) is 24.0. The van der Waals surface area contributed by atoms with Crippen molar-refractivity contribution in [3.8, 4) is 11.4 Å². The molecule has 3 heteroatoms. The average molecular weight is 571 g/mol. The van der Waals surface area contributed by atoms with Crippen molar-refractivity contribution >= 4 is 76.4 Å². The summed E-state index contributed by atoms with van der Waals surface area (Å²) >= 11 is 1.89. The number of nitrogens with zero attached hydrogens (tertiary/aromatic N) is 2. The Bertz CT molecular complexity index is 2410. The van der Waals surface area contributed by atoms with Crippen molar-refractivity contribution in [1.82, 2.24) is 9.13 Å². The summed E-state index contributed by atoms with van der Waals surface area (Å²) in [6.07, 6.45) is 9.24. The van der Waals surface area contributed by atoms with E-state index in [9.17, 15) is 0 Å². The number of para-hydroxylation sites is 2. The molecule has 8 aromatic rings. The lowest BCUT2D eigenvalue weighted by Crippen LogP contribution is -1.98. The molecular weight excluding hydrogens is 541 g/mol. The van der Waals surface area contributed by atoms with E-state index in [1.165, 1.54) is 69.7 Å². The van der Waals surface area contributed by atoms with Crippen molar-refractivity contribution in [2.24, 2.45) is 0 Å². The monoisotopic (exact) mass is 570 g/mol. The Kier molecular flexibility index (Phi) is 5.95. The van der Waals surface area contributed by atoms with Gasteiger partial charge in [-0.2, -0.15) is 0 Å². The SMILES string of the molecule is C=CCc1cccc2c1sc1c2ccc2c1c(C=C)c(/C=C\C)n2-c1ccc2c(c1)c1ccccc1n2-c1ccccc1. The van der Waals surface area contributed by atoms with Gasteiger partial charge in [-0.3, -0.25) is 0 Å². The highest BCUT2D eigenvalue weighted by molar-refractivity contribution is 7.27. The third-order valence-electron chi connectivity index (χ3n) is 8.58. The molecule has 0 aliphatic carbocycles. The lowest BCUT2D eigenvalue weighted by molar-refractivity contribution is 1.11. The third-order valence-corrected chi connectivity index (χ3v) is 9.89. The van der Waals surface area contributed by atoms with Crippen LogP contribution in [0.25, 0.3) is 76.4 Å². The molecule has 0 radical (unpaired) electrons. The van der Waals surface area contributed by atoms with E-state index in [1.54, 1.807) is 0 Å². The number of benzene rings is 5. The van der Waals surface area contributed by atoms with Crippen LogP contribution in [0.4, 0.5) is 0 Å². The smallest absolute Gasteiger partial charge is 0.0555 e. The van der Waals surface area contributed by atoms with E-state index in [0.29, 0.717) is 0 Å². The van der Waals surface area contributed by atoms with E-state index in [0.717, 1.165) is 17.8 Å². The number of hydrogen-bond acceptors (Lipinski definition) is 1. The van der Waals surface area contributed by atoms with Crippen LogP contribution in [0.1, 0.15) is 23.7 Å². The first-order valence-corrected chi connectivity index (χ1v) is 15.5. The van der Waals surface area contributed by atoms with E-state index in [2.05, 4.69) is 144 Å². The molecule has 8 rings (SSSR count). The molecule has 0 amide bonds. The van der Waals surface area contributed by atoms with Crippen molar-refractivity contribution in [2.75, 3.05) is 0 Å². The molecule has 0 bridgehead atoms. The largest absolute Gasteiger partial charge is 0.309 e. The van der Waals surface area contributed by atoms with Crippen LogP contribution in [0.2, 0.25) is 0 Å². The average Bonchev–Trinajstić information content (AvgIpc) is 3.69. The highest BCUT2D eigenvalue weighted by atomic mass is 32.1. The topological polar surface area (TPSA) is 9.86 Å². The van der Waals surface area contributed by atoms with Gasteiger partial charge in [-0.05, 0) is 67.4 Å². The summed E-state index contributed by atoms with van der Waals surface area (Å²) in [4.78, 5) is 0. The van der Waals surface area contributed by atoms with Gasteiger partial charge in [0.2, 0.25) is 0 Å². The highest BCUT2D eigenvalue weighted by Crippen LogP contribution is 2.44. The van der Waals surface area contributed by atoms with Crippen molar-refractivity contribution in [3.05, 3.63) is 145 Å². The maximum absolute atomic E-state index is 4.31. The minimum absolute atomic E-state index is 0.864. The van der Waals surface area contributed by atoms with Crippen LogP contribution >= 0.6 is 11.3 Å². The van der Waals surface area contributed by atoms with Crippen LogP contribution in [-0.2, 0) is 6.42 Å². The van der Waals surface area contributed by atoms with Gasteiger partial charge < -0.3 is 9.13 Å². The molecule has 0 atom stereocenters. The first-order valence-electron chi connectivity index (χ1n) is 14.7. The summed E-state index contributed by atoms with van der Waals surface area (Å²) in [5, 5.41) is 6.36. The molecule has 0 N–H and O–H groups in total. The first-order chi connectivity index (χ1) is 21.2. The van der Waals surface area contributed by atoms with E-state index in [4.69, 9.17) is 0 Å². The van der Waals surface area contributed by atoms with Crippen LogP contribution in [0.5, 0.6) is 0 Å². The maximum atomic E-state index is 4.31. The number of aromatic nitrogens is 2. The van der Waals surface area contributed by atoms with Crippen LogP contribution in [0, 0.1) is 0 Å². The Hall–Kier alpha value is -5.12. The van der Waals surface area contributed by atoms with Gasteiger partial charge in [-0.1, -0.05) is 85.5 Å². The normalized spacial score (nSPS) is 12.0. The maximum Gasteiger partial charge on any atom is 0.0555 e. The van der Waals surface area contributed by atoms with Crippen molar-refractivity contribution < 1.29 is 0 Å². The summed E-state index contributed by atoms with van der Waals surface area (Å²) in [7, 11) is 0. The molecule has 43 heavy (non-hydrogen) atoms. The fourth-order valence-electron chi connectivity index (χ4n) is 6.81. The standard InChI is InChI=1S/C40H30N2S/c1-4-13-26-15-12-19-31-32-22-24-37-38(40(32)43-39(26)31)29(6-3)34(14-5-2)42(37)28-21-23-36-33(25-28)30-18-10-11-20-35(30)41(36)27-16-8-7-9-17-27/h4-12,14-25H,1,3,13H2,2H3/b14-5-. The Morgan fingerprint density at radius 1 is 0.651 bits per heavy atom. The molecule has 0 saturated carbocycles. The molecule has 3 heterocycles.